The molecule has 92 valence electrons. The second kappa shape index (κ2) is 4.38. The molecule has 0 fully saturated rings. The summed E-state index contributed by atoms with van der Waals surface area (Å²) in [5.41, 5.74) is 3.16. The maximum Gasteiger partial charge on any atom is 0.205 e. The summed E-state index contributed by atoms with van der Waals surface area (Å²) in [6.07, 6.45) is 2.03. The van der Waals surface area contributed by atoms with Crippen molar-refractivity contribution in [3.63, 3.8) is 0 Å². The first kappa shape index (κ1) is 11.2. The van der Waals surface area contributed by atoms with E-state index in [1.54, 1.807) is 11.3 Å². The van der Waals surface area contributed by atoms with Crippen molar-refractivity contribution in [1.82, 2.24) is 19.6 Å². The lowest BCUT2D eigenvalue weighted by molar-refractivity contribution is 0.966. The lowest BCUT2D eigenvalue weighted by Crippen LogP contribution is -2.03. The maximum absolute atomic E-state index is 4.52. The molecule has 0 atom stereocenters. The molecule has 0 saturated carbocycles. The van der Waals surface area contributed by atoms with E-state index in [1.807, 2.05) is 38.2 Å². The van der Waals surface area contributed by atoms with E-state index in [0.29, 0.717) is 6.54 Å². The Morgan fingerprint density at radius 1 is 1.28 bits per heavy atom. The fraction of sp³-hybridized carbons (Fsp3) is 0.250. The first-order valence-electron chi connectivity index (χ1n) is 5.70. The molecule has 18 heavy (non-hydrogen) atoms. The summed E-state index contributed by atoms with van der Waals surface area (Å²) in [6, 6.07) is 6.01. The highest BCUT2D eigenvalue weighted by Crippen LogP contribution is 2.17. The molecule has 0 bridgehead atoms. The molecule has 0 spiro atoms. The fourth-order valence-corrected chi connectivity index (χ4v) is 2.49. The quantitative estimate of drug-likeness (QED) is 0.784. The van der Waals surface area contributed by atoms with Crippen LogP contribution in [0.4, 0.5) is 5.13 Å². The Kier molecular flexibility index (Phi) is 2.71. The SMILES string of the molecule is Cc1nnc(NCc2c(C)nc3ccccn23)s1. The summed E-state index contributed by atoms with van der Waals surface area (Å²) in [7, 11) is 0. The Labute approximate surface area is 109 Å². The van der Waals surface area contributed by atoms with E-state index in [0.717, 1.165) is 27.2 Å². The van der Waals surface area contributed by atoms with Crippen LogP contribution in [0.25, 0.3) is 5.65 Å². The minimum atomic E-state index is 0.700. The van der Waals surface area contributed by atoms with Crippen LogP contribution in [0.15, 0.2) is 24.4 Å². The van der Waals surface area contributed by atoms with Crippen molar-refractivity contribution in [2.45, 2.75) is 20.4 Å². The lowest BCUT2D eigenvalue weighted by Gasteiger charge is -2.03. The van der Waals surface area contributed by atoms with Crippen molar-refractivity contribution >= 4 is 22.1 Å². The molecular formula is C12H13N5S. The molecule has 1 N–H and O–H groups in total. The number of aryl methyl sites for hydroxylation is 2. The molecule has 3 aromatic rings. The summed E-state index contributed by atoms with van der Waals surface area (Å²) in [4.78, 5) is 4.52. The number of anilines is 1. The summed E-state index contributed by atoms with van der Waals surface area (Å²) in [5.74, 6) is 0. The molecule has 0 amide bonds. The molecule has 0 aliphatic heterocycles. The van der Waals surface area contributed by atoms with Gasteiger partial charge >= 0.3 is 0 Å². The molecule has 5 nitrogen and oxygen atoms in total. The number of nitrogens with one attached hydrogen (secondary N) is 1. The monoisotopic (exact) mass is 259 g/mol. The van der Waals surface area contributed by atoms with Gasteiger partial charge in [-0.2, -0.15) is 0 Å². The van der Waals surface area contributed by atoms with E-state index in [2.05, 4.69) is 24.9 Å². The summed E-state index contributed by atoms with van der Waals surface area (Å²) < 4.78 is 2.09. The van der Waals surface area contributed by atoms with Crippen LogP contribution in [0.5, 0.6) is 0 Å². The predicted octanol–water partition coefficient (Wildman–Crippen LogP) is 2.41. The standard InChI is InChI=1S/C12H13N5S/c1-8-10(7-13-12-16-15-9(2)18-12)17-6-4-3-5-11(17)14-8/h3-6H,7H2,1-2H3,(H,13,16). The summed E-state index contributed by atoms with van der Waals surface area (Å²) in [6.45, 7) is 4.67. The van der Waals surface area contributed by atoms with E-state index < -0.39 is 0 Å². The molecule has 0 unspecified atom stereocenters. The van der Waals surface area contributed by atoms with Crippen molar-refractivity contribution in [2.75, 3.05) is 5.32 Å². The molecule has 0 radical (unpaired) electrons. The third kappa shape index (κ3) is 1.95. The zero-order chi connectivity index (χ0) is 12.5. The van der Waals surface area contributed by atoms with Crippen LogP contribution in [-0.4, -0.2) is 19.6 Å². The van der Waals surface area contributed by atoms with Gasteiger partial charge in [-0.3, -0.25) is 0 Å². The van der Waals surface area contributed by atoms with Crippen molar-refractivity contribution < 1.29 is 0 Å². The van der Waals surface area contributed by atoms with Crippen molar-refractivity contribution in [3.05, 3.63) is 40.8 Å². The van der Waals surface area contributed by atoms with Crippen LogP contribution in [0.2, 0.25) is 0 Å². The summed E-state index contributed by atoms with van der Waals surface area (Å²) >= 11 is 1.56. The lowest BCUT2D eigenvalue weighted by atomic mass is 10.3. The molecular weight excluding hydrogens is 246 g/mol. The van der Waals surface area contributed by atoms with Crippen LogP contribution >= 0.6 is 11.3 Å². The molecule has 0 aromatic carbocycles. The van der Waals surface area contributed by atoms with E-state index in [9.17, 15) is 0 Å². The van der Waals surface area contributed by atoms with Gasteiger partial charge < -0.3 is 9.72 Å². The fourth-order valence-electron chi connectivity index (χ4n) is 1.90. The highest BCUT2D eigenvalue weighted by atomic mass is 32.1. The molecule has 3 aromatic heterocycles. The maximum atomic E-state index is 4.52. The van der Waals surface area contributed by atoms with Crippen LogP contribution in [0, 0.1) is 13.8 Å². The number of rotatable bonds is 3. The average Bonchev–Trinajstić information content (AvgIpc) is 2.90. The molecule has 0 aliphatic carbocycles. The number of pyridine rings is 1. The summed E-state index contributed by atoms with van der Waals surface area (Å²) in [5, 5.41) is 13.1. The van der Waals surface area contributed by atoms with Gasteiger partial charge in [-0.05, 0) is 26.0 Å². The molecule has 6 heteroatoms. The second-order valence-corrected chi connectivity index (χ2v) is 5.23. The van der Waals surface area contributed by atoms with Gasteiger partial charge in [0.05, 0.1) is 17.9 Å². The highest BCUT2D eigenvalue weighted by Gasteiger charge is 2.08. The van der Waals surface area contributed by atoms with E-state index in [1.165, 1.54) is 0 Å². The van der Waals surface area contributed by atoms with Crippen molar-refractivity contribution in [1.29, 1.82) is 0 Å². The molecule has 3 rings (SSSR count). The zero-order valence-corrected chi connectivity index (χ0v) is 11.0. The van der Waals surface area contributed by atoms with E-state index >= 15 is 0 Å². The zero-order valence-electron chi connectivity index (χ0n) is 10.2. The van der Waals surface area contributed by atoms with Crippen molar-refractivity contribution in [2.24, 2.45) is 0 Å². The van der Waals surface area contributed by atoms with E-state index in [-0.39, 0.29) is 0 Å². The van der Waals surface area contributed by atoms with Crippen molar-refractivity contribution in [3.8, 4) is 0 Å². The van der Waals surface area contributed by atoms with E-state index in [4.69, 9.17) is 0 Å². The van der Waals surface area contributed by atoms with Gasteiger partial charge in [0.25, 0.3) is 0 Å². The molecule has 0 saturated heterocycles. The number of fused-ring (bicyclic) bond motifs is 1. The normalized spacial score (nSPS) is 11.0. The third-order valence-electron chi connectivity index (χ3n) is 2.76. The van der Waals surface area contributed by atoms with Crippen LogP contribution < -0.4 is 5.32 Å². The average molecular weight is 259 g/mol. The minimum absolute atomic E-state index is 0.700. The van der Waals surface area contributed by atoms with Crippen LogP contribution in [0.3, 0.4) is 0 Å². The minimum Gasteiger partial charge on any atom is -0.354 e. The second-order valence-electron chi connectivity index (χ2n) is 4.05. The Morgan fingerprint density at radius 2 is 2.17 bits per heavy atom. The number of imidazole rings is 1. The predicted molar refractivity (Wildman–Crippen MR) is 71.9 cm³/mol. The molecule has 0 aliphatic rings. The van der Waals surface area contributed by atoms with Gasteiger partial charge in [0.15, 0.2) is 0 Å². The number of hydrogen-bond donors (Lipinski definition) is 1. The third-order valence-corrected chi connectivity index (χ3v) is 3.56. The van der Waals surface area contributed by atoms with Gasteiger partial charge in [0, 0.05) is 6.20 Å². The topological polar surface area (TPSA) is 55.1 Å². The Balaban J connectivity index is 1.88. The van der Waals surface area contributed by atoms with Gasteiger partial charge in [-0.25, -0.2) is 4.98 Å². The van der Waals surface area contributed by atoms with Crippen LogP contribution in [0.1, 0.15) is 16.4 Å². The largest absolute Gasteiger partial charge is 0.354 e. The first-order chi connectivity index (χ1) is 8.74. The van der Waals surface area contributed by atoms with Gasteiger partial charge in [0.1, 0.15) is 10.7 Å². The number of aromatic nitrogens is 4. The Hall–Kier alpha value is -1.95. The number of hydrogen-bond acceptors (Lipinski definition) is 5. The smallest absolute Gasteiger partial charge is 0.205 e. The van der Waals surface area contributed by atoms with Gasteiger partial charge in [-0.15, -0.1) is 10.2 Å². The van der Waals surface area contributed by atoms with Crippen LogP contribution in [-0.2, 0) is 6.54 Å². The van der Waals surface area contributed by atoms with Gasteiger partial charge in [0.2, 0.25) is 5.13 Å². The molecule has 3 heterocycles. The highest BCUT2D eigenvalue weighted by molar-refractivity contribution is 7.15. The first-order valence-corrected chi connectivity index (χ1v) is 6.52. The number of nitrogens with zero attached hydrogens (tertiary/aromatic N) is 4. The Morgan fingerprint density at radius 3 is 2.94 bits per heavy atom. The van der Waals surface area contributed by atoms with Gasteiger partial charge in [-0.1, -0.05) is 17.4 Å². The Bertz CT molecular complexity index is 685.